The Labute approximate surface area is 175 Å². The van der Waals surface area contributed by atoms with Gasteiger partial charge in [0.1, 0.15) is 18.1 Å². The molecule has 0 radical (unpaired) electrons. The van der Waals surface area contributed by atoms with Crippen LogP contribution in [0, 0.1) is 0 Å². The smallest absolute Gasteiger partial charge is 0.354 e. The number of esters is 1. The van der Waals surface area contributed by atoms with Crippen LogP contribution in [0.5, 0.6) is 5.75 Å². The maximum atomic E-state index is 12.1. The van der Waals surface area contributed by atoms with Gasteiger partial charge in [0.2, 0.25) is 5.91 Å². The average molecular weight is 407 g/mol. The summed E-state index contributed by atoms with van der Waals surface area (Å²) in [7, 11) is 0. The Morgan fingerprint density at radius 2 is 1.72 bits per heavy atom. The number of hydrogen-bond donors (Lipinski definition) is 1. The lowest BCUT2D eigenvalue weighted by Gasteiger charge is -2.14. The SMILES string of the molecule is CCCCCCCCCCCCOc1c[nH]c(C(=O)OCCN2CCCC2=O)c1. The fourth-order valence-corrected chi connectivity index (χ4v) is 3.62. The summed E-state index contributed by atoms with van der Waals surface area (Å²) in [4.78, 5) is 28.2. The molecule has 1 aliphatic rings. The van der Waals surface area contributed by atoms with Crippen LogP contribution in [0.3, 0.4) is 0 Å². The highest BCUT2D eigenvalue weighted by Gasteiger charge is 2.20. The van der Waals surface area contributed by atoms with Gasteiger partial charge in [-0.2, -0.15) is 0 Å². The van der Waals surface area contributed by atoms with E-state index in [1.807, 2.05) is 0 Å². The Balaban J connectivity index is 1.48. The fourth-order valence-electron chi connectivity index (χ4n) is 3.62. The predicted octanol–water partition coefficient (Wildman–Crippen LogP) is 5.09. The number of carbonyl (C=O) groups excluding carboxylic acids is 2. The average Bonchev–Trinajstić information content (AvgIpc) is 3.35. The van der Waals surface area contributed by atoms with E-state index in [1.165, 1.54) is 57.8 Å². The molecule has 2 heterocycles. The van der Waals surface area contributed by atoms with Crippen molar-refractivity contribution in [3.05, 3.63) is 18.0 Å². The summed E-state index contributed by atoms with van der Waals surface area (Å²) in [6.07, 6.45) is 16.1. The Morgan fingerprint density at radius 3 is 2.38 bits per heavy atom. The number of likely N-dealkylation sites (tertiary alicyclic amines) is 1. The minimum Gasteiger partial charge on any atom is -0.492 e. The number of ether oxygens (including phenoxy) is 2. The monoisotopic (exact) mass is 406 g/mol. The molecular weight excluding hydrogens is 368 g/mol. The molecule has 1 aliphatic heterocycles. The van der Waals surface area contributed by atoms with E-state index in [4.69, 9.17) is 9.47 Å². The number of unbranched alkanes of at least 4 members (excludes halogenated alkanes) is 9. The van der Waals surface area contributed by atoms with Crippen LogP contribution in [0.1, 0.15) is 94.5 Å². The highest BCUT2D eigenvalue weighted by molar-refractivity contribution is 5.88. The van der Waals surface area contributed by atoms with Gasteiger partial charge in [0.15, 0.2) is 0 Å². The number of aromatic nitrogens is 1. The Kier molecular flexibility index (Phi) is 11.3. The highest BCUT2D eigenvalue weighted by Crippen LogP contribution is 2.15. The van der Waals surface area contributed by atoms with Gasteiger partial charge in [-0.3, -0.25) is 4.79 Å². The summed E-state index contributed by atoms with van der Waals surface area (Å²) >= 11 is 0. The zero-order chi connectivity index (χ0) is 20.7. The molecule has 29 heavy (non-hydrogen) atoms. The van der Waals surface area contributed by atoms with Gasteiger partial charge < -0.3 is 19.4 Å². The minimum atomic E-state index is -0.412. The number of rotatable bonds is 16. The number of carbonyl (C=O) groups is 2. The van der Waals surface area contributed by atoms with E-state index in [2.05, 4.69) is 11.9 Å². The van der Waals surface area contributed by atoms with Gasteiger partial charge >= 0.3 is 5.97 Å². The first-order chi connectivity index (χ1) is 14.2. The largest absolute Gasteiger partial charge is 0.492 e. The number of H-pyrrole nitrogens is 1. The lowest BCUT2D eigenvalue weighted by atomic mass is 10.1. The zero-order valence-corrected chi connectivity index (χ0v) is 18.0. The quantitative estimate of drug-likeness (QED) is 0.306. The molecule has 1 amide bonds. The number of aromatic amines is 1. The summed E-state index contributed by atoms with van der Waals surface area (Å²) in [5.41, 5.74) is 0.385. The predicted molar refractivity (Wildman–Crippen MR) is 114 cm³/mol. The zero-order valence-electron chi connectivity index (χ0n) is 18.0. The first-order valence-electron chi connectivity index (χ1n) is 11.5. The molecule has 1 N–H and O–H groups in total. The third kappa shape index (κ3) is 9.37. The fraction of sp³-hybridized carbons (Fsp3) is 0.739. The van der Waals surface area contributed by atoms with E-state index in [-0.39, 0.29) is 12.5 Å². The lowest BCUT2D eigenvalue weighted by molar-refractivity contribution is -0.128. The highest BCUT2D eigenvalue weighted by atomic mass is 16.5. The lowest BCUT2D eigenvalue weighted by Crippen LogP contribution is -2.29. The number of amides is 1. The van der Waals surface area contributed by atoms with Crippen LogP contribution in [-0.4, -0.2) is 48.1 Å². The van der Waals surface area contributed by atoms with Crippen molar-refractivity contribution in [1.82, 2.24) is 9.88 Å². The molecule has 0 aliphatic carbocycles. The van der Waals surface area contributed by atoms with E-state index >= 15 is 0 Å². The summed E-state index contributed by atoms with van der Waals surface area (Å²) in [5, 5.41) is 0. The van der Waals surface area contributed by atoms with Gasteiger partial charge in [0.05, 0.1) is 13.2 Å². The third-order valence-electron chi connectivity index (χ3n) is 5.41. The molecule has 6 nitrogen and oxygen atoms in total. The molecule has 0 spiro atoms. The van der Waals surface area contributed by atoms with Crippen LogP contribution < -0.4 is 4.74 Å². The Hall–Kier alpha value is -1.98. The third-order valence-corrected chi connectivity index (χ3v) is 5.41. The first-order valence-corrected chi connectivity index (χ1v) is 11.5. The van der Waals surface area contributed by atoms with Crippen molar-refractivity contribution in [3.63, 3.8) is 0 Å². The molecule has 2 rings (SSSR count). The van der Waals surface area contributed by atoms with Gasteiger partial charge in [-0.15, -0.1) is 0 Å². The molecule has 0 atom stereocenters. The van der Waals surface area contributed by atoms with Gasteiger partial charge in [-0.1, -0.05) is 64.7 Å². The van der Waals surface area contributed by atoms with Crippen LogP contribution in [-0.2, 0) is 9.53 Å². The molecule has 0 bridgehead atoms. The van der Waals surface area contributed by atoms with Crippen molar-refractivity contribution < 1.29 is 19.1 Å². The second-order valence-corrected chi connectivity index (χ2v) is 7.90. The van der Waals surface area contributed by atoms with Gasteiger partial charge in [-0.05, 0) is 12.8 Å². The van der Waals surface area contributed by atoms with Gasteiger partial charge in [-0.25, -0.2) is 4.79 Å². The molecular formula is C23H38N2O4. The van der Waals surface area contributed by atoms with E-state index in [0.717, 1.165) is 19.4 Å². The maximum absolute atomic E-state index is 12.1. The van der Waals surface area contributed by atoms with Crippen LogP contribution in [0.4, 0.5) is 0 Å². The van der Waals surface area contributed by atoms with Crippen LogP contribution >= 0.6 is 0 Å². The second kappa shape index (κ2) is 14.1. The molecule has 0 aromatic carbocycles. The van der Waals surface area contributed by atoms with Crippen molar-refractivity contribution in [3.8, 4) is 5.75 Å². The molecule has 0 unspecified atom stereocenters. The van der Waals surface area contributed by atoms with E-state index in [9.17, 15) is 9.59 Å². The number of hydrogen-bond acceptors (Lipinski definition) is 4. The van der Waals surface area contributed by atoms with Gasteiger partial charge in [0, 0.05) is 25.2 Å². The molecule has 1 aromatic heterocycles. The van der Waals surface area contributed by atoms with Crippen molar-refractivity contribution in [2.75, 3.05) is 26.3 Å². The van der Waals surface area contributed by atoms with Crippen LogP contribution in [0.25, 0.3) is 0 Å². The summed E-state index contributed by atoms with van der Waals surface area (Å²) in [5.74, 6) is 0.400. The molecule has 164 valence electrons. The first kappa shape index (κ1) is 23.3. The van der Waals surface area contributed by atoms with Crippen molar-refractivity contribution >= 4 is 11.9 Å². The number of nitrogens with zero attached hydrogens (tertiary/aromatic N) is 1. The molecule has 0 saturated carbocycles. The van der Waals surface area contributed by atoms with E-state index < -0.39 is 5.97 Å². The van der Waals surface area contributed by atoms with E-state index in [1.54, 1.807) is 17.2 Å². The molecule has 1 aromatic rings. The Morgan fingerprint density at radius 1 is 1.03 bits per heavy atom. The number of nitrogens with one attached hydrogen (secondary N) is 1. The second-order valence-electron chi connectivity index (χ2n) is 7.90. The Bertz CT molecular complexity index is 599. The van der Waals surface area contributed by atoms with Gasteiger partial charge in [0.25, 0.3) is 0 Å². The van der Waals surface area contributed by atoms with E-state index in [0.29, 0.717) is 31.0 Å². The van der Waals surface area contributed by atoms with Crippen molar-refractivity contribution in [1.29, 1.82) is 0 Å². The molecule has 1 saturated heterocycles. The standard InChI is InChI=1S/C23H38N2O4/c1-2-3-4-5-6-7-8-9-10-11-16-28-20-18-21(24-19-20)23(27)29-17-15-25-14-12-13-22(25)26/h18-19,24H,2-17H2,1H3. The molecule has 6 heteroatoms. The van der Waals surface area contributed by atoms with Crippen LogP contribution in [0.2, 0.25) is 0 Å². The minimum absolute atomic E-state index is 0.142. The topological polar surface area (TPSA) is 71.6 Å². The van der Waals surface area contributed by atoms with Crippen molar-refractivity contribution in [2.24, 2.45) is 0 Å². The summed E-state index contributed by atoms with van der Waals surface area (Å²) in [6.45, 7) is 4.37. The summed E-state index contributed by atoms with van der Waals surface area (Å²) < 4.78 is 11.0. The van der Waals surface area contributed by atoms with Crippen LogP contribution in [0.15, 0.2) is 12.3 Å². The molecule has 1 fully saturated rings. The van der Waals surface area contributed by atoms with Crippen molar-refractivity contribution in [2.45, 2.75) is 84.0 Å². The maximum Gasteiger partial charge on any atom is 0.354 e. The normalized spacial score (nSPS) is 13.8. The summed E-state index contributed by atoms with van der Waals surface area (Å²) in [6, 6.07) is 1.68.